The largest absolute Gasteiger partial charge is 0.393 e. The summed E-state index contributed by atoms with van der Waals surface area (Å²) in [6.07, 6.45) is 1.95. The second-order valence-corrected chi connectivity index (χ2v) is 4.08. The highest BCUT2D eigenvalue weighted by Crippen LogP contribution is 2.03. The van der Waals surface area contributed by atoms with Crippen LogP contribution in [0.4, 0.5) is 0 Å². The first kappa shape index (κ1) is 12.0. The fourth-order valence-electron chi connectivity index (χ4n) is 0.940. The van der Waals surface area contributed by atoms with Gasteiger partial charge in [0.05, 0.1) is 4.05 Å². The van der Waals surface area contributed by atoms with Crippen molar-refractivity contribution in [1.29, 1.82) is 0 Å². The minimum absolute atomic E-state index is 0.431. The summed E-state index contributed by atoms with van der Waals surface area (Å²) in [6, 6.07) is 0.431. The van der Waals surface area contributed by atoms with Crippen molar-refractivity contribution in [3.8, 4) is 0 Å². The average molecular weight is 283 g/mol. The predicted octanol–water partition coefficient (Wildman–Crippen LogP) is 1.03. The van der Waals surface area contributed by atoms with E-state index in [-0.39, 0.29) is 0 Å². The van der Waals surface area contributed by atoms with Crippen LogP contribution in [0.1, 0.15) is 13.8 Å². The average Bonchev–Trinajstić information content (AvgIpc) is 2.03. The van der Waals surface area contributed by atoms with Crippen LogP contribution < -0.4 is 16.0 Å². The molecule has 1 unspecified atom stereocenters. The van der Waals surface area contributed by atoms with Gasteiger partial charge in [-0.1, -0.05) is 22.6 Å². The fraction of sp³-hybridized carbons (Fsp3) is 0.750. The molecule has 4 heteroatoms. The summed E-state index contributed by atoms with van der Waals surface area (Å²) >= 11 is 2.37. The van der Waals surface area contributed by atoms with Crippen molar-refractivity contribution in [2.24, 2.45) is 0 Å². The number of likely N-dealkylation sites (N-methyl/N-ethyl adjacent to an activating group) is 1. The van der Waals surface area contributed by atoms with Gasteiger partial charge in [0, 0.05) is 25.0 Å². The van der Waals surface area contributed by atoms with Gasteiger partial charge in [-0.15, -0.1) is 0 Å². The molecule has 0 fully saturated rings. The maximum atomic E-state index is 3.36. The lowest BCUT2D eigenvalue weighted by molar-refractivity contribution is 0.556. The topological polar surface area (TPSA) is 36.1 Å². The van der Waals surface area contributed by atoms with Gasteiger partial charge >= 0.3 is 0 Å². The lowest BCUT2D eigenvalue weighted by atomic mass is 10.3. The third-order valence-electron chi connectivity index (χ3n) is 1.53. The number of alkyl halides is 1. The number of allylic oxidation sites excluding steroid dienone is 1. The molecule has 2 atom stereocenters. The van der Waals surface area contributed by atoms with E-state index in [9.17, 15) is 0 Å². The molecule has 3 nitrogen and oxygen atoms in total. The third kappa shape index (κ3) is 4.82. The SMILES string of the molecule is CN/C=C(\C)NC(C)[C@@H](I)NC. The summed E-state index contributed by atoms with van der Waals surface area (Å²) < 4.78 is 0.447. The molecule has 3 N–H and O–H groups in total. The summed E-state index contributed by atoms with van der Waals surface area (Å²) in [4.78, 5) is 0. The molecule has 0 bridgehead atoms. The molecule has 12 heavy (non-hydrogen) atoms. The van der Waals surface area contributed by atoms with Crippen molar-refractivity contribution < 1.29 is 0 Å². The summed E-state index contributed by atoms with van der Waals surface area (Å²) in [6.45, 7) is 4.20. The molecule has 72 valence electrons. The van der Waals surface area contributed by atoms with Crippen LogP contribution in [0.2, 0.25) is 0 Å². The molecule has 0 rings (SSSR count). The highest BCUT2D eigenvalue weighted by Gasteiger charge is 2.09. The Morgan fingerprint density at radius 2 is 2.00 bits per heavy atom. The van der Waals surface area contributed by atoms with Crippen molar-refractivity contribution >= 4 is 22.6 Å². The van der Waals surface area contributed by atoms with Crippen molar-refractivity contribution in [3.05, 3.63) is 11.9 Å². The van der Waals surface area contributed by atoms with Gasteiger partial charge < -0.3 is 16.0 Å². The van der Waals surface area contributed by atoms with Gasteiger partial charge in [0.15, 0.2) is 0 Å². The van der Waals surface area contributed by atoms with Crippen LogP contribution in [0.3, 0.4) is 0 Å². The van der Waals surface area contributed by atoms with Crippen LogP contribution in [0.25, 0.3) is 0 Å². The van der Waals surface area contributed by atoms with Crippen molar-refractivity contribution in [3.63, 3.8) is 0 Å². The highest BCUT2D eigenvalue weighted by molar-refractivity contribution is 14.1. The van der Waals surface area contributed by atoms with Crippen LogP contribution in [-0.2, 0) is 0 Å². The number of halogens is 1. The van der Waals surface area contributed by atoms with Gasteiger partial charge in [-0.2, -0.15) is 0 Å². The normalized spacial score (nSPS) is 16.9. The number of nitrogens with one attached hydrogen (secondary N) is 3. The van der Waals surface area contributed by atoms with Crippen LogP contribution in [0, 0.1) is 0 Å². The third-order valence-corrected chi connectivity index (χ3v) is 3.23. The van der Waals surface area contributed by atoms with E-state index in [1.54, 1.807) is 0 Å². The summed E-state index contributed by atoms with van der Waals surface area (Å²) in [7, 11) is 3.86. The first-order valence-electron chi connectivity index (χ1n) is 4.03. The van der Waals surface area contributed by atoms with E-state index in [1.165, 1.54) is 0 Å². The second kappa shape index (κ2) is 6.54. The van der Waals surface area contributed by atoms with E-state index in [0.717, 1.165) is 5.70 Å². The minimum atomic E-state index is 0.431. The van der Waals surface area contributed by atoms with E-state index in [4.69, 9.17) is 0 Å². The Morgan fingerprint density at radius 3 is 2.42 bits per heavy atom. The van der Waals surface area contributed by atoms with Gasteiger partial charge in [0.1, 0.15) is 0 Å². The first-order chi connectivity index (χ1) is 5.61. The van der Waals surface area contributed by atoms with Gasteiger partial charge in [-0.3, -0.25) is 0 Å². The molecule has 0 heterocycles. The Labute approximate surface area is 88.5 Å². The molecular formula is C8H18IN3. The van der Waals surface area contributed by atoms with Crippen LogP contribution >= 0.6 is 22.6 Å². The van der Waals surface area contributed by atoms with Gasteiger partial charge in [0.2, 0.25) is 0 Å². The molecule has 0 spiro atoms. The van der Waals surface area contributed by atoms with Crippen LogP contribution in [-0.4, -0.2) is 24.2 Å². The van der Waals surface area contributed by atoms with Gasteiger partial charge in [0.25, 0.3) is 0 Å². The van der Waals surface area contributed by atoms with Crippen molar-refractivity contribution in [1.82, 2.24) is 16.0 Å². The Morgan fingerprint density at radius 1 is 1.42 bits per heavy atom. The van der Waals surface area contributed by atoms with Crippen molar-refractivity contribution in [2.75, 3.05) is 14.1 Å². The number of hydrogen-bond acceptors (Lipinski definition) is 3. The highest BCUT2D eigenvalue weighted by atomic mass is 127. The first-order valence-corrected chi connectivity index (χ1v) is 5.28. The fourth-order valence-corrected chi connectivity index (χ4v) is 1.12. The predicted molar refractivity (Wildman–Crippen MR) is 62.3 cm³/mol. The zero-order chi connectivity index (χ0) is 9.56. The second-order valence-electron chi connectivity index (χ2n) is 2.74. The van der Waals surface area contributed by atoms with Crippen molar-refractivity contribution in [2.45, 2.75) is 23.9 Å². The molecule has 0 aromatic carbocycles. The summed E-state index contributed by atoms with van der Waals surface area (Å²) in [5.74, 6) is 0. The maximum Gasteiger partial charge on any atom is 0.0792 e. The molecule has 0 saturated heterocycles. The molecule has 0 aliphatic heterocycles. The summed E-state index contributed by atoms with van der Waals surface area (Å²) in [5.41, 5.74) is 1.15. The minimum Gasteiger partial charge on any atom is -0.393 e. The Bertz CT molecular complexity index is 147. The van der Waals surface area contributed by atoms with Crippen LogP contribution in [0.5, 0.6) is 0 Å². The molecule has 0 saturated carbocycles. The van der Waals surface area contributed by atoms with E-state index in [1.807, 2.05) is 27.2 Å². The molecule has 0 aliphatic rings. The molecule has 0 amide bonds. The lowest BCUT2D eigenvalue weighted by Crippen LogP contribution is -2.40. The molecule has 0 aromatic rings. The Hall–Kier alpha value is 0.0300. The van der Waals surface area contributed by atoms with E-state index in [0.29, 0.717) is 10.1 Å². The number of rotatable bonds is 5. The maximum absolute atomic E-state index is 3.36. The van der Waals surface area contributed by atoms with Gasteiger partial charge in [-0.25, -0.2) is 0 Å². The van der Waals surface area contributed by atoms with E-state index < -0.39 is 0 Å². The molecule has 0 aliphatic carbocycles. The summed E-state index contributed by atoms with van der Waals surface area (Å²) in [5, 5.41) is 9.53. The smallest absolute Gasteiger partial charge is 0.0792 e. The van der Waals surface area contributed by atoms with Gasteiger partial charge in [-0.05, 0) is 20.9 Å². The Balaban J connectivity index is 3.82. The molecule has 0 radical (unpaired) electrons. The standard InChI is InChI=1S/C8H18IN3/c1-6(5-10-3)12-7(2)8(9)11-4/h5,7-8,10-12H,1-4H3/b6-5+/t7?,8-/m0/s1. The van der Waals surface area contributed by atoms with E-state index in [2.05, 4.69) is 45.5 Å². The Kier molecular flexibility index (Phi) is 6.55. The monoisotopic (exact) mass is 283 g/mol. The zero-order valence-electron chi connectivity index (χ0n) is 8.11. The van der Waals surface area contributed by atoms with Crippen LogP contribution in [0.15, 0.2) is 11.9 Å². The van der Waals surface area contributed by atoms with E-state index >= 15 is 0 Å². The molecule has 0 aromatic heterocycles. The quantitative estimate of drug-likeness (QED) is 0.400. The zero-order valence-corrected chi connectivity index (χ0v) is 10.3. The molecular weight excluding hydrogens is 265 g/mol. The number of hydrogen-bond donors (Lipinski definition) is 3. The lowest BCUT2D eigenvalue weighted by Gasteiger charge is -2.20.